The number of hydrogen-bond donors (Lipinski definition) is 2. The molecule has 1 heterocycles. The number of primary amides is 1. The molecule has 33 heavy (non-hydrogen) atoms. The molecule has 0 saturated carbocycles. The van der Waals surface area contributed by atoms with E-state index in [1.165, 1.54) is 6.20 Å². The van der Waals surface area contributed by atoms with E-state index in [4.69, 9.17) is 10.5 Å². The van der Waals surface area contributed by atoms with Crippen LogP contribution in [0.25, 0.3) is 10.9 Å². The number of aromatic nitrogens is 1. The van der Waals surface area contributed by atoms with Crippen molar-refractivity contribution in [3.8, 4) is 5.75 Å². The smallest absolute Gasteiger partial charge is 0.315 e. The number of urea groups is 1. The molecule has 0 spiro atoms. The summed E-state index contributed by atoms with van der Waals surface area (Å²) in [6.45, 7) is 8.10. The van der Waals surface area contributed by atoms with Crippen LogP contribution in [0.5, 0.6) is 5.75 Å². The molecule has 3 N–H and O–H groups in total. The third-order valence-electron chi connectivity index (χ3n) is 5.37. The lowest BCUT2D eigenvalue weighted by Gasteiger charge is -2.40. The summed E-state index contributed by atoms with van der Waals surface area (Å²) < 4.78 is 5.86. The summed E-state index contributed by atoms with van der Waals surface area (Å²) in [6, 6.07) is 14.3. The minimum absolute atomic E-state index is 0.132. The molecule has 0 atom stereocenters. The molecule has 9 heteroatoms. The van der Waals surface area contributed by atoms with Crippen molar-refractivity contribution in [3.05, 3.63) is 70.4 Å². The predicted octanol–water partition coefficient (Wildman–Crippen LogP) is 4.70. The van der Waals surface area contributed by atoms with E-state index in [0.717, 1.165) is 5.56 Å². The Kier molecular flexibility index (Phi) is 7.01. The van der Waals surface area contributed by atoms with Crippen LogP contribution in [0.2, 0.25) is 0 Å². The van der Waals surface area contributed by atoms with Crippen LogP contribution in [-0.4, -0.2) is 39.0 Å². The van der Waals surface area contributed by atoms with E-state index >= 15 is 0 Å². The topological polar surface area (TPSA) is 124 Å². The van der Waals surface area contributed by atoms with Crippen molar-refractivity contribution < 1.29 is 14.5 Å². The standard InChI is InChI=1S/C24H29N5O4/c1-16(2)28(23(25)30)24(3,4)15-27-22-19-11-10-18(33-14-17-8-6-5-7-9-17)12-20(19)26-13-21(22)29(31)32/h5-13,16H,14-15H2,1-4H3,(H2,25,30)(H,26,27). The van der Waals surface area contributed by atoms with Crippen LogP contribution in [0, 0.1) is 10.1 Å². The van der Waals surface area contributed by atoms with Crippen molar-refractivity contribution >= 4 is 28.3 Å². The maximum Gasteiger partial charge on any atom is 0.315 e. The lowest BCUT2D eigenvalue weighted by Crippen LogP contribution is -2.56. The van der Waals surface area contributed by atoms with E-state index in [2.05, 4.69) is 10.3 Å². The summed E-state index contributed by atoms with van der Waals surface area (Å²) in [6.07, 6.45) is 1.23. The second kappa shape index (κ2) is 9.72. The summed E-state index contributed by atoms with van der Waals surface area (Å²) in [5.41, 5.74) is 6.66. The van der Waals surface area contributed by atoms with Gasteiger partial charge in [-0.05, 0) is 45.4 Å². The molecule has 0 aliphatic heterocycles. The van der Waals surface area contributed by atoms with Gasteiger partial charge in [-0.25, -0.2) is 9.78 Å². The van der Waals surface area contributed by atoms with Crippen LogP contribution < -0.4 is 15.8 Å². The van der Waals surface area contributed by atoms with E-state index in [9.17, 15) is 14.9 Å². The molecule has 9 nitrogen and oxygen atoms in total. The summed E-state index contributed by atoms with van der Waals surface area (Å²) >= 11 is 0. The average Bonchev–Trinajstić information content (AvgIpc) is 2.75. The van der Waals surface area contributed by atoms with Gasteiger partial charge in [-0.15, -0.1) is 0 Å². The van der Waals surface area contributed by atoms with E-state index < -0.39 is 16.5 Å². The van der Waals surface area contributed by atoms with Crippen LogP contribution in [0.3, 0.4) is 0 Å². The highest BCUT2D eigenvalue weighted by Crippen LogP contribution is 2.34. The van der Waals surface area contributed by atoms with Crippen molar-refractivity contribution in [3.63, 3.8) is 0 Å². The Morgan fingerprint density at radius 3 is 2.55 bits per heavy atom. The highest BCUT2D eigenvalue weighted by atomic mass is 16.6. The molecule has 2 aromatic carbocycles. The van der Waals surface area contributed by atoms with E-state index in [-0.39, 0.29) is 18.3 Å². The fourth-order valence-corrected chi connectivity index (χ4v) is 3.96. The van der Waals surface area contributed by atoms with Gasteiger partial charge in [0.15, 0.2) is 0 Å². The van der Waals surface area contributed by atoms with Gasteiger partial charge in [-0.3, -0.25) is 10.1 Å². The van der Waals surface area contributed by atoms with Gasteiger partial charge in [-0.1, -0.05) is 30.3 Å². The van der Waals surface area contributed by atoms with Gasteiger partial charge >= 0.3 is 11.7 Å². The lowest BCUT2D eigenvalue weighted by atomic mass is 10.0. The number of rotatable bonds is 9. The maximum absolute atomic E-state index is 12.0. The quantitative estimate of drug-likeness (QED) is 0.359. The molecular formula is C24H29N5O4. The fourth-order valence-electron chi connectivity index (χ4n) is 3.96. The van der Waals surface area contributed by atoms with Crippen molar-refractivity contribution in [2.45, 2.75) is 45.9 Å². The van der Waals surface area contributed by atoms with Gasteiger partial charge in [0.1, 0.15) is 24.2 Å². The van der Waals surface area contributed by atoms with Gasteiger partial charge in [0.05, 0.1) is 16.0 Å². The number of amides is 2. The SMILES string of the molecule is CC(C)N(C(N)=O)C(C)(C)CNc1c([N+](=O)[O-])cnc2cc(OCc3ccccc3)ccc12. The van der Waals surface area contributed by atoms with Crippen molar-refractivity contribution in [1.29, 1.82) is 0 Å². The van der Waals surface area contributed by atoms with Crippen molar-refractivity contribution in [2.24, 2.45) is 5.73 Å². The molecular weight excluding hydrogens is 422 g/mol. The Morgan fingerprint density at radius 2 is 1.94 bits per heavy atom. The van der Waals surface area contributed by atoms with Crippen LogP contribution in [0.15, 0.2) is 54.7 Å². The van der Waals surface area contributed by atoms with Crippen LogP contribution >= 0.6 is 0 Å². The second-order valence-electron chi connectivity index (χ2n) is 8.70. The molecule has 0 fully saturated rings. The minimum Gasteiger partial charge on any atom is -0.489 e. The number of benzene rings is 2. The Morgan fingerprint density at radius 1 is 1.24 bits per heavy atom. The number of fused-ring (bicyclic) bond motifs is 1. The Balaban J connectivity index is 1.90. The van der Waals surface area contributed by atoms with E-state index in [1.54, 1.807) is 23.1 Å². The van der Waals surface area contributed by atoms with Crippen LogP contribution in [-0.2, 0) is 6.61 Å². The number of pyridine rings is 1. The van der Waals surface area contributed by atoms with Crippen LogP contribution in [0.4, 0.5) is 16.2 Å². The van der Waals surface area contributed by atoms with Gasteiger partial charge in [-0.2, -0.15) is 0 Å². The maximum atomic E-state index is 12.0. The largest absolute Gasteiger partial charge is 0.489 e. The van der Waals surface area contributed by atoms with Crippen molar-refractivity contribution in [2.75, 3.05) is 11.9 Å². The molecule has 0 unspecified atom stereocenters. The molecule has 2 amide bonds. The molecule has 0 aliphatic carbocycles. The fraction of sp³-hybridized carbons (Fsp3) is 0.333. The zero-order chi connectivity index (χ0) is 24.2. The van der Waals surface area contributed by atoms with E-state index in [1.807, 2.05) is 58.0 Å². The highest BCUT2D eigenvalue weighted by Gasteiger charge is 2.32. The zero-order valence-corrected chi connectivity index (χ0v) is 19.2. The molecule has 0 saturated heterocycles. The number of nitro groups is 1. The first-order chi connectivity index (χ1) is 15.6. The first-order valence-electron chi connectivity index (χ1n) is 10.7. The Labute approximate surface area is 192 Å². The molecule has 0 bridgehead atoms. The molecule has 3 rings (SSSR count). The number of carbonyl (C=O) groups excluding carboxylic acids is 1. The van der Waals surface area contributed by atoms with Crippen LogP contribution in [0.1, 0.15) is 33.3 Å². The summed E-state index contributed by atoms with van der Waals surface area (Å²) in [5.74, 6) is 0.610. The molecule has 174 valence electrons. The Hall–Kier alpha value is -3.88. The number of nitrogens with zero attached hydrogens (tertiary/aromatic N) is 3. The third-order valence-corrected chi connectivity index (χ3v) is 5.37. The average molecular weight is 452 g/mol. The summed E-state index contributed by atoms with van der Waals surface area (Å²) in [5, 5.41) is 15.4. The zero-order valence-electron chi connectivity index (χ0n) is 19.2. The molecule has 0 radical (unpaired) electrons. The lowest BCUT2D eigenvalue weighted by molar-refractivity contribution is -0.384. The molecule has 3 aromatic rings. The van der Waals surface area contributed by atoms with Gasteiger partial charge in [0.25, 0.3) is 0 Å². The number of carbonyl (C=O) groups is 1. The number of nitrogens with one attached hydrogen (secondary N) is 1. The number of nitrogens with two attached hydrogens (primary N) is 1. The number of anilines is 1. The second-order valence-corrected chi connectivity index (χ2v) is 8.70. The van der Waals surface area contributed by atoms with Gasteiger partial charge < -0.3 is 20.7 Å². The predicted molar refractivity (Wildman–Crippen MR) is 128 cm³/mol. The summed E-state index contributed by atoms with van der Waals surface area (Å²) in [4.78, 5) is 29.0. The monoisotopic (exact) mass is 451 g/mol. The number of ether oxygens (including phenoxy) is 1. The first kappa shape index (κ1) is 23.8. The van der Waals surface area contributed by atoms with Gasteiger partial charge in [0, 0.05) is 24.0 Å². The molecule has 0 aliphatic rings. The van der Waals surface area contributed by atoms with E-state index in [0.29, 0.717) is 28.9 Å². The number of hydrogen-bond acceptors (Lipinski definition) is 6. The van der Waals surface area contributed by atoms with Gasteiger partial charge in [0.2, 0.25) is 0 Å². The first-order valence-corrected chi connectivity index (χ1v) is 10.7. The minimum atomic E-state index is -0.692. The summed E-state index contributed by atoms with van der Waals surface area (Å²) in [7, 11) is 0. The van der Waals surface area contributed by atoms with Crippen molar-refractivity contribution in [1.82, 2.24) is 9.88 Å². The highest BCUT2D eigenvalue weighted by molar-refractivity contribution is 5.96. The normalized spacial score (nSPS) is 11.4. The molecule has 1 aromatic heterocycles. The third kappa shape index (κ3) is 5.49. The Bertz CT molecular complexity index is 1150.